The van der Waals surface area contributed by atoms with E-state index in [1.807, 2.05) is 0 Å². The molecule has 0 radical (unpaired) electrons. The van der Waals surface area contributed by atoms with E-state index in [0.717, 1.165) is 31.9 Å². The van der Waals surface area contributed by atoms with E-state index in [9.17, 15) is 10.1 Å². The highest BCUT2D eigenvalue weighted by molar-refractivity contribution is 4.71. The molecule has 0 bridgehead atoms. The van der Waals surface area contributed by atoms with E-state index in [4.69, 9.17) is 0 Å². The molecule has 0 unspecified atom stereocenters. The van der Waals surface area contributed by atoms with Crippen molar-refractivity contribution in [1.82, 2.24) is 0 Å². The Bertz CT molecular complexity index is 121. The lowest BCUT2D eigenvalue weighted by atomic mass is 10.2. The second-order valence-corrected chi connectivity index (χ2v) is 2.17. The highest BCUT2D eigenvalue weighted by atomic mass is 16.6. The van der Waals surface area contributed by atoms with E-state index < -0.39 is 4.92 Å². The van der Waals surface area contributed by atoms with Gasteiger partial charge in [0.2, 0.25) is 6.20 Å². The summed E-state index contributed by atoms with van der Waals surface area (Å²) in [5.41, 5.74) is 0. The van der Waals surface area contributed by atoms with Gasteiger partial charge in [-0.15, -0.1) is 0 Å². The Balaban J connectivity index is 3.10. The molecule has 0 fully saturated rings. The monoisotopic (exact) mass is 143 g/mol. The number of rotatable bonds is 5. The molecule has 58 valence electrons. The van der Waals surface area contributed by atoms with Crippen molar-refractivity contribution in [3.63, 3.8) is 0 Å². The fourth-order valence-electron chi connectivity index (χ4n) is 0.673. The number of hydrogen-bond acceptors (Lipinski definition) is 2. The first kappa shape index (κ1) is 9.14. The number of nitrogens with zero attached hydrogens (tertiary/aromatic N) is 1. The van der Waals surface area contributed by atoms with E-state index in [0.29, 0.717) is 0 Å². The number of hydrogen-bond donors (Lipinski definition) is 0. The molecule has 0 saturated heterocycles. The third-order valence-corrected chi connectivity index (χ3v) is 1.20. The third-order valence-electron chi connectivity index (χ3n) is 1.20. The molecule has 0 rings (SSSR count). The van der Waals surface area contributed by atoms with Crippen LogP contribution >= 0.6 is 0 Å². The van der Waals surface area contributed by atoms with Crippen molar-refractivity contribution in [1.29, 1.82) is 0 Å². The Kier molecular flexibility index (Phi) is 5.72. The van der Waals surface area contributed by atoms with Gasteiger partial charge in [-0.2, -0.15) is 0 Å². The van der Waals surface area contributed by atoms with Gasteiger partial charge in [0.05, 0.1) is 4.92 Å². The van der Waals surface area contributed by atoms with Gasteiger partial charge in [-0.3, -0.25) is 10.1 Å². The highest BCUT2D eigenvalue weighted by Gasteiger charge is 1.85. The predicted molar refractivity (Wildman–Crippen MR) is 40.3 cm³/mol. The van der Waals surface area contributed by atoms with Gasteiger partial charge in [-0.05, 0) is 18.9 Å². The molecule has 0 aromatic rings. The van der Waals surface area contributed by atoms with Gasteiger partial charge >= 0.3 is 0 Å². The van der Waals surface area contributed by atoms with Crippen molar-refractivity contribution >= 4 is 0 Å². The van der Waals surface area contributed by atoms with Crippen LogP contribution in [0.15, 0.2) is 12.3 Å². The highest BCUT2D eigenvalue weighted by Crippen LogP contribution is 1.98. The Morgan fingerprint density at radius 3 is 2.70 bits per heavy atom. The quantitative estimate of drug-likeness (QED) is 0.337. The van der Waals surface area contributed by atoms with Gasteiger partial charge in [-0.25, -0.2) is 0 Å². The standard InChI is InChI=1S/C7H13NO2/c1-2-3-4-5-6-7-8(9)10/h6-7H,2-5H2,1H3. The van der Waals surface area contributed by atoms with Crippen LogP contribution in [-0.2, 0) is 0 Å². The molecule has 0 aromatic carbocycles. The maximum atomic E-state index is 9.75. The van der Waals surface area contributed by atoms with Gasteiger partial charge in [0, 0.05) is 0 Å². The van der Waals surface area contributed by atoms with Gasteiger partial charge in [-0.1, -0.05) is 19.8 Å². The molecule has 3 nitrogen and oxygen atoms in total. The van der Waals surface area contributed by atoms with Crippen molar-refractivity contribution in [3.8, 4) is 0 Å². The average molecular weight is 143 g/mol. The topological polar surface area (TPSA) is 43.1 Å². The zero-order valence-corrected chi connectivity index (χ0v) is 6.25. The molecule has 10 heavy (non-hydrogen) atoms. The zero-order chi connectivity index (χ0) is 7.82. The molecule has 0 N–H and O–H groups in total. The van der Waals surface area contributed by atoms with Crippen LogP contribution in [0.25, 0.3) is 0 Å². The second-order valence-electron chi connectivity index (χ2n) is 2.17. The molecule has 0 atom stereocenters. The summed E-state index contributed by atoms with van der Waals surface area (Å²) < 4.78 is 0. The Morgan fingerprint density at radius 1 is 1.50 bits per heavy atom. The minimum absolute atomic E-state index is 0.425. The summed E-state index contributed by atoms with van der Waals surface area (Å²) in [6.45, 7) is 2.11. The molecule has 0 aromatic heterocycles. The fourth-order valence-corrected chi connectivity index (χ4v) is 0.673. The lowest BCUT2D eigenvalue weighted by molar-refractivity contribution is -0.402. The summed E-state index contributed by atoms with van der Waals surface area (Å²) in [5, 5.41) is 9.75. The minimum Gasteiger partial charge on any atom is -0.259 e. The fraction of sp³-hybridized carbons (Fsp3) is 0.714. The normalized spacial score (nSPS) is 10.5. The molecular formula is C7H13NO2. The van der Waals surface area contributed by atoms with Gasteiger partial charge in [0.1, 0.15) is 0 Å². The lowest BCUT2D eigenvalue weighted by Crippen LogP contribution is -1.82. The van der Waals surface area contributed by atoms with Crippen LogP contribution in [-0.4, -0.2) is 4.92 Å². The first-order valence-electron chi connectivity index (χ1n) is 3.57. The molecule has 0 amide bonds. The number of nitro groups is 1. The largest absolute Gasteiger partial charge is 0.259 e. The number of unbranched alkanes of at least 4 members (excludes halogenated alkanes) is 3. The molecule has 0 aliphatic heterocycles. The first-order chi connectivity index (χ1) is 4.77. The van der Waals surface area contributed by atoms with Crippen molar-refractivity contribution in [2.45, 2.75) is 32.6 Å². The van der Waals surface area contributed by atoms with Crippen LogP contribution in [0.2, 0.25) is 0 Å². The summed E-state index contributed by atoms with van der Waals surface area (Å²) in [5.74, 6) is 0. The average Bonchev–Trinajstić information content (AvgIpc) is 1.87. The van der Waals surface area contributed by atoms with E-state index in [1.54, 1.807) is 6.08 Å². The molecule has 0 heterocycles. The van der Waals surface area contributed by atoms with Crippen LogP contribution in [0.5, 0.6) is 0 Å². The SMILES string of the molecule is CCCCCC=C[N+](=O)[O-]. The summed E-state index contributed by atoms with van der Waals surface area (Å²) in [6.07, 6.45) is 6.81. The van der Waals surface area contributed by atoms with Crippen molar-refractivity contribution in [2.24, 2.45) is 0 Å². The molecule has 0 saturated carbocycles. The van der Waals surface area contributed by atoms with Gasteiger partial charge in [0.25, 0.3) is 0 Å². The minimum atomic E-state index is -0.425. The molecular weight excluding hydrogens is 130 g/mol. The van der Waals surface area contributed by atoms with Crippen molar-refractivity contribution in [3.05, 3.63) is 22.4 Å². The van der Waals surface area contributed by atoms with Crippen molar-refractivity contribution in [2.75, 3.05) is 0 Å². The summed E-state index contributed by atoms with van der Waals surface area (Å²) in [7, 11) is 0. The van der Waals surface area contributed by atoms with E-state index in [-0.39, 0.29) is 0 Å². The van der Waals surface area contributed by atoms with Gasteiger partial charge in [0.15, 0.2) is 0 Å². The van der Waals surface area contributed by atoms with Crippen LogP contribution < -0.4 is 0 Å². The molecule has 0 aliphatic carbocycles. The van der Waals surface area contributed by atoms with Crippen LogP contribution in [0.4, 0.5) is 0 Å². The number of allylic oxidation sites excluding steroid dienone is 1. The van der Waals surface area contributed by atoms with Gasteiger partial charge < -0.3 is 0 Å². The maximum absolute atomic E-state index is 9.75. The van der Waals surface area contributed by atoms with Crippen LogP contribution in [0, 0.1) is 10.1 Å². The summed E-state index contributed by atoms with van der Waals surface area (Å²) in [4.78, 5) is 9.33. The first-order valence-corrected chi connectivity index (χ1v) is 3.57. The zero-order valence-electron chi connectivity index (χ0n) is 6.25. The maximum Gasteiger partial charge on any atom is 0.230 e. The van der Waals surface area contributed by atoms with E-state index in [2.05, 4.69) is 6.92 Å². The Morgan fingerprint density at radius 2 is 2.20 bits per heavy atom. The Hall–Kier alpha value is -0.860. The van der Waals surface area contributed by atoms with Crippen molar-refractivity contribution < 1.29 is 4.92 Å². The molecule has 3 heteroatoms. The second kappa shape index (κ2) is 6.26. The summed E-state index contributed by atoms with van der Waals surface area (Å²) >= 11 is 0. The van der Waals surface area contributed by atoms with E-state index in [1.165, 1.54) is 0 Å². The smallest absolute Gasteiger partial charge is 0.230 e. The summed E-state index contributed by atoms with van der Waals surface area (Å²) in [6, 6.07) is 0. The third kappa shape index (κ3) is 7.14. The van der Waals surface area contributed by atoms with E-state index >= 15 is 0 Å². The molecule has 0 spiro atoms. The van der Waals surface area contributed by atoms with Crippen LogP contribution in [0.1, 0.15) is 32.6 Å². The Labute approximate surface area is 60.9 Å². The van der Waals surface area contributed by atoms with Crippen LogP contribution in [0.3, 0.4) is 0 Å². The molecule has 0 aliphatic rings. The predicted octanol–water partition coefficient (Wildman–Crippen LogP) is 2.36. The lowest BCUT2D eigenvalue weighted by Gasteiger charge is -1.88.